The van der Waals surface area contributed by atoms with Gasteiger partial charge in [-0.15, -0.1) is 5.10 Å². The normalized spacial score (nSPS) is 15.2. The van der Waals surface area contributed by atoms with Crippen molar-refractivity contribution in [3.8, 4) is 0 Å². The van der Waals surface area contributed by atoms with E-state index in [0.717, 1.165) is 12.8 Å². The summed E-state index contributed by atoms with van der Waals surface area (Å²) in [5.74, 6) is 0.769. The lowest BCUT2D eigenvalue weighted by Crippen LogP contribution is -2.17. The zero-order valence-electron chi connectivity index (χ0n) is 11.0. The van der Waals surface area contributed by atoms with E-state index in [1.54, 1.807) is 12.1 Å². The molecule has 1 aromatic carbocycles. The minimum absolute atomic E-state index is 0.290. The molecule has 0 aliphatic heterocycles. The van der Waals surface area contributed by atoms with Gasteiger partial charge in [-0.3, -0.25) is 0 Å². The average Bonchev–Trinajstić information content (AvgIpc) is 2.92. The molecule has 1 heterocycles. The Bertz CT molecular complexity index is 583. The summed E-state index contributed by atoms with van der Waals surface area (Å²) < 4.78 is 13.1. The molecule has 1 saturated carbocycles. The Kier molecular flexibility index (Phi) is 3.71. The molecule has 6 heteroatoms. The lowest BCUT2D eigenvalue weighted by atomic mass is 10.3. The third-order valence-corrected chi connectivity index (χ3v) is 3.34. The van der Waals surface area contributed by atoms with E-state index >= 15 is 0 Å². The van der Waals surface area contributed by atoms with Gasteiger partial charge in [0, 0.05) is 11.7 Å². The third kappa shape index (κ3) is 3.20. The van der Waals surface area contributed by atoms with Crippen LogP contribution in [0.25, 0.3) is 0 Å². The number of halogens is 1. The molecule has 1 aliphatic carbocycles. The van der Waals surface area contributed by atoms with Crippen LogP contribution in [0.2, 0.25) is 0 Å². The van der Waals surface area contributed by atoms with Crippen LogP contribution in [0.15, 0.2) is 30.5 Å². The number of benzene rings is 1. The average molecular weight is 273 g/mol. The number of nitrogens with one attached hydrogen (secondary N) is 2. The molecule has 1 aliphatic rings. The van der Waals surface area contributed by atoms with Gasteiger partial charge in [0.15, 0.2) is 5.82 Å². The first kappa shape index (κ1) is 12.8. The van der Waals surface area contributed by atoms with Gasteiger partial charge < -0.3 is 10.6 Å². The van der Waals surface area contributed by atoms with Gasteiger partial charge in [-0.25, -0.2) is 4.39 Å². The van der Waals surface area contributed by atoms with Crippen molar-refractivity contribution in [2.45, 2.75) is 31.7 Å². The summed E-state index contributed by atoms with van der Waals surface area (Å²) in [4.78, 5) is 4.34. The number of aromatic nitrogens is 3. The second kappa shape index (κ2) is 5.81. The van der Waals surface area contributed by atoms with Crippen LogP contribution in [0.1, 0.15) is 25.7 Å². The van der Waals surface area contributed by atoms with Crippen molar-refractivity contribution in [3.63, 3.8) is 0 Å². The lowest BCUT2D eigenvalue weighted by Gasteiger charge is -2.12. The number of hydrogen-bond donors (Lipinski definition) is 2. The van der Waals surface area contributed by atoms with Gasteiger partial charge in [0.05, 0.1) is 6.20 Å². The Morgan fingerprint density at radius 2 is 2.05 bits per heavy atom. The number of anilines is 3. The van der Waals surface area contributed by atoms with E-state index in [-0.39, 0.29) is 5.82 Å². The summed E-state index contributed by atoms with van der Waals surface area (Å²) in [6.07, 6.45) is 6.29. The van der Waals surface area contributed by atoms with Crippen molar-refractivity contribution < 1.29 is 4.39 Å². The maximum atomic E-state index is 13.1. The standard InChI is InChI=1S/C14H16FN5/c15-10-4-3-7-12(8-10)17-13-9-16-20-14(19-13)18-11-5-1-2-6-11/h3-4,7-9,11H,1-2,5-6H2,(H2,17,18,19,20). The Morgan fingerprint density at radius 1 is 1.20 bits per heavy atom. The second-order valence-electron chi connectivity index (χ2n) is 4.93. The molecule has 2 N–H and O–H groups in total. The first-order valence-electron chi connectivity index (χ1n) is 6.78. The van der Waals surface area contributed by atoms with Crippen LogP contribution >= 0.6 is 0 Å². The minimum Gasteiger partial charge on any atom is -0.350 e. The van der Waals surface area contributed by atoms with Crippen LogP contribution in [0.5, 0.6) is 0 Å². The SMILES string of the molecule is Fc1cccc(Nc2cnnc(NC3CCCC3)n2)c1. The Balaban J connectivity index is 1.70. The van der Waals surface area contributed by atoms with Gasteiger partial charge in [-0.1, -0.05) is 18.9 Å². The fourth-order valence-electron chi connectivity index (χ4n) is 2.39. The number of rotatable bonds is 4. The van der Waals surface area contributed by atoms with Crippen LogP contribution < -0.4 is 10.6 Å². The molecule has 20 heavy (non-hydrogen) atoms. The van der Waals surface area contributed by atoms with Crippen molar-refractivity contribution >= 4 is 17.5 Å². The first-order valence-corrected chi connectivity index (χ1v) is 6.78. The first-order chi connectivity index (χ1) is 9.79. The summed E-state index contributed by atoms with van der Waals surface area (Å²) in [6.45, 7) is 0. The molecule has 0 amide bonds. The zero-order valence-corrected chi connectivity index (χ0v) is 11.0. The van der Waals surface area contributed by atoms with Gasteiger partial charge in [0.2, 0.25) is 5.95 Å². The molecule has 1 fully saturated rings. The Hall–Kier alpha value is -2.24. The maximum absolute atomic E-state index is 13.1. The van der Waals surface area contributed by atoms with Gasteiger partial charge in [0.25, 0.3) is 0 Å². The monoisotopic (exact) mass is 273 g/mol. The fourth-order valence-corrected chi connectivity index (χ4v) is 2.39. The quantitative estimate of drug-likeness (QED) is 0.896. The predicted molar refractivity (Wildman–Crippen MR) is 75.4 cm³/mol. The molecule has 3 rings (SSSR count). The maximum Gasteiger partial charge on any atom is 0.244 e. The van der Waals surface area contributed by atoms with Crippen molar-refractivity contribution in [1.82, 2.24) is 15.2 Å². The van der Waals surface area contributed by atoms with Gasteiger partial charge in [-0.2, -0.15) is 10.1 Å². The highest BCUT2D eigenvalue weighted by atomic mass is 19.1. The molecule has 0 radical (unpaired) electrons. The third-order valence-electron chi connectivity index (χ3n) is 3.34. The largest absolute Gasteiger partial charge is 0.350 e. The highest BCUT2D eigenvalue weighted by Crippen LogP contribution is 2.21. The topological polar surface area (TPSA) is 62.7 Å². The van der Waals surface area contributed by atoms with Crippen molar-refractivity contribution in [3.05, 3.63) is 36.3 Å². The van der Waals surface area contributed by atoms with Crippen LogP contribution in [-0.2, 0) is 0 Å². The molecular formula is C14H16FN5. The molecular weight excluding hydrogens is 257 g/mol. The summed E-state index contributed by atoms with van der Waals surface area (Å²) in [5.41, 5.74) is 0.636. The minimum atomic E-state index is -0.290. The van der Waals surface area contributed by atoms with Gasteiger partial charge >= 0.3 is 0 Å². The van der Waals surface area contributed by atoms with E-state index < -0.39 is 0 Å². The van der Waals surface area contributed by atoms with Crippen molar-refractivity contribution in [2.75, 3.05) is 10.6 Å². The summed E-state index contributed by atoms with van der Waals surface area (Å²) in [6, 6.07) is 6.66. The van der Waals surface area contributed by atoms with Gasteiger partial charge in [-0.05, 0) is 31.0 Å². The fraction of sp³-hybridized carbons (Fsp3) is 0.357. The Labute approximate surface area is 116 Å². The number of hydrogen-bond acceptors (Lipinski definition) is 5. The van der Waals surface area contributed by atoms with Crippen LogP contribution in [0.3, 0.4) is 0 Å². The summed E-state index contributed by atoms with van der Waals surface area (Å²) >= 11 is 0. The van der Waals surface area contributed by atoms with E-state index in [2.05, 4.69) is 25.8 Å². The molecule has 5 nitrogen and oxygen atoms in total. The second-order valence-corrected chi connectivity index (χ2v) is 4.93. The van der Waals surface area contributed by atoms with Crippen molar-refractivity contribution in [1.29, 1.82) is 0 Å². The van der Waals surface area contributed by atoms with Crippen LogP contribution in [0, 0.1) is 5.82 Å². The molecule has 0 spiro atoms. The lowest BCUT2D eigenvalue weighted by molar-refractivity contribution is 0.628. The molecule has 0 bridgehead atoms. The van der Waals surface area contributed by atoms with E-state index in [1.165, 1.54) is 31.2 Å². The zero-order chi connectivity index (χ0) is 13.8. The summed E-state index contributed by atoms with van der Waals surface area (Å²) in [5, 5.41) is 14.2. The van der Waals surface area contributed by atoms with Crippen LogP contribution in [-0.4, -0.2) is 21.2 Å². The van der Waals surface area contributed by atoms with E-state index in [4.69, 9.17) is 0 Å². The molecule has 2 aromatic rings. The molecule has 104 valence electrons. The molecule has 0 atom stereocenters. The molecule has 0 unspecified atom stereocenters. The van der Waals surface area contributed by atoms with E-state index in [0.29, 0.717) is 23.5 Å². The van der Waals surface area contributed by atoms with Crippen LogP contribution in [0.4, 0.5) is 21.8 Å². The molecule has 1 aromatic heterocycles. The number of nitrogens with zero attached hydrogens (tertiary/aromatic N) is 3. The van der Waals surface area contributed by atoms with E-state index in [9.17, 15) is 4.39 Å². The predicted octanol–water partition coefficient (Wildman–Crippen LogP) is 3.11. The highest BCUT2D eigenvalue weighted by Gasteiger charge is 2.15. The molecule has 0 saturated heterocycles. The smallest absolute Gasteiger partial charge is 0.244 e. The van der Waals surface area contributed by atoms with E-state index in [1.807, 2.05) is 0 Å². The van der Waals surface area contributed by atoms with Crippen molar-refractivity contribution in [2.24, 2.45) is 0 Å². The summed E-state index contributed by atoms with van der Waals surface area (Å²) in [7, 11) is 0. The Morgan fingerprint density at radius 3 is 2.85 bits per heavy atom. The highest BCUT2D eigenvalue weighted by molar-refractivity contribution is 5.55. The van der Waals surface area contributed by atoms with Gasteiger partial charge in [0.1, 0.15) is 5.82 Å².